The largest absolute Gasteiger partial charge is 0.270 e. The summed E-state index contributed by atoms with van der Waals surface area (Å²) in [5.74, 6) is 0. The first kappa shape index (κ1) is 9.34. The van der Waals surface area contributed by atoms with Crippen LogP contribution in [0.3, 0.4) is 0 Å². The van der Waals surface area contributed by atoms with Crippen LogP contribution in [-0.2, 0) is 0 Å². The highest BCUT2D eigenvalue weighted by atomic mass is 32.1. The molecule has 3 heteroatoms. The van der Waals surface area contributed by atoms with E-state index in [0.717, 1.165) is 16.8 Å². The van der Waals surface area contributed by atoms with Gasteiger partial charge in [0.2, 0.25) is 0 Å². The zero-order chi connectivity index (χ0) is 10.1. The van der Waals surface area contributed by atoms with Crippen molar-refractivity contribution in [2.24, 2.45) is 0 Å². The van der Waals surface area contributed by atoms with Crippen molar-refractivity contribution in [3.63, 3.8) is 0 Å². The summed E-state index contributed by atoms with van der Waals surface area (Å²) < 4.78 is 24.0. The Bertz CT molecular complexity index is 493. The summed E-state index contributed by atoms with van der Waals surface area (Å²) in [5, 5.41) is 4.16. The van der Waals surface area contributed by atoms with Gasteiger partial charge in [-0.2, -0.15) is 8.78 Å². The van der Waals surface area contributed by atoms with Crippen LogP contribution in [0.25, 0.3) is 16.8 Å². The molecule has 2 rings (SSSR count). The molecule has 0 radical (unpaired) electrons. The number of hydrogen-bond donors (Lipinski definition) is 0. The van der Waals surface area contributed by atoms with Gasteiger partial charge < -0.3 is 0 Å². The lowest BCUT2D eigenvalue weighted by Crippen LogP contribution is -1.73. The third kappa shape index (κ3) is 1.68. The zero-order valence-corrected chi connectivity index (χ0v) is 8.37. The lowest BCUT2D eigenvalue weighted by Gasteiger charge is -1.94. The first-order valence-electron chi connectivity index (χ1n) is 4.17. The minimum absolute atomic E-state index is 0.551. The Morgan fingerprint density at radius 3 is 2.86 bits per heavy atom. The molecule has 1 aromatic carbocycles. The first-order chi connectivity index (χ1) is 6.66. The zero-order valence-electron chi connectivity index (χ0n) is 7.55. The fourth-order valence-corrected chi connectivity index (χ4v) is 2.24. The Balaban J connectivity index is 2.57. The summed E-state index contributed by atoms with van der Waals surface area (Å²) in [5.41, 5.74) is 0.551. The Labute approximate surface area is 84.5 Å². The Morgan fingerprint density at radius 2 is 2.14 bits per heavy atom. The van der Waals surface area contributed by atoms with Crippen LogP contribution in [0.1, 0.15) is 10.4 Å². The van der Waals surface area contributed by atoms with E-state index in [4.69, 9.17) is 0 Å². The van der Waals surface area contributed by atoms with Gasteiger partial charge >= 0.3 is 0 Å². The maximum absolute atomic E-state index is 12.0. The van der Waals surface area contributed by atoms with Gasteiger partial charge in [0.25, 0.3) is 6.08 Å². The van der Waals surface area contributed by atoms with Gasteiger partial charge in [0, 0.05) is 11.0 Å². The molecule has 0 saturated carbocycles. The van der Waals surface area contributed by atoms with Crippen molar-refractivity contribution in [1.82, 2.24) is 0 Å². The van der Waals surface area contributed by atoms with E-state index < -0.39 is 6.08 Å². The van der Waals surface area contributed by atoms with Crippen LogP contribution in [0, 0.1) is 6.92 Å². The highest BCUT2D eigenvalue weighted by Gasteiger charge is 2.00. The first-order valence-corrected chi connectivity index (χ1v) is 5.05. The molecular weight excluding hydrogens is 202 g/mol. The average Bonchev–Trinajstić information content (AvgIpc) is 2.46. The second kappa shape index (κ2) is 3.50. The SMILES string of the molecule is Cc1scc2cc(C=C(F)F)ccc12. The molecule has 0 aliphatic rings. The molecule has 0 bridgehead atoms. The van der Waals surface area contributed by atoms with Crippen LogP contribution < -0.4 is 0 Å². The number of halogens is 2. The molecule has 72 valence electrons. The monoisotopic (exact) mass is 210 g/mol. The van der Waals surface area contributed by atoms with E-state index in [1.54, 1.807) is 23.5 Å². The van der Waals surface area contributed by atoms with Gasteiger partial charge in [-0.1, -0.05) is 12.1 Å². The van der Waals surface area contributed by atoms with Gasteiger partial charge in [-0.05, 0) is 34.7 Å². The Morgan fingerprint density at radius 1 is 1.36 bits per heavy atom. The van der Waals surface area contributed by atoms with Crippen LogP contribution in [0.2, 0.25) is 0 Å². The number of rotatable bonds is 1. The second-order valence-corrected chi connectivity index (χ2v) is 4.16. The molecule has 0 nitrogen and oxygen atoms in total. The molecular formula is C11H8F2S. The molecule has 0 N–H and O–H groups in total. The molecule has 0 spiro atoms. The molecule has 14 heavy (non-hydrogen) atoms. The number of aryl methyl sites for hydroxylation is 1. The van der Waals surface area contributed by atoms with Gasteiger partial charge in [0.15, 0.2) is 0 Å². The summed E-state index contributed by atoms with van der Waals surface area (Å²) >= 11 is 1.64. The fourth-order valence-electron chi connectivity index (χ4n) is 1.43. The fraction of sp³-hybridized carbons (Fsp3) is 0.0909. The van der Waals surface area contributed by atoms with E-state index in [1.165, 1.54) is 4.88 Å². The molecule has 0 fully saturated rings. The van der Waals surface area contributed by atoms with E-state index >= 15 is 0 Å². The number of hydrogen-bond acceptors (Lipinski definition) is 1. The van der Waals surface area contributed by atoms with Gasteiger partial charge in [0.1, 0.15) is 0 Å². The highest BCUT2D eigenvalue weighted by Crippen LogP contribution is 2.26. The lowest BCUT2D eigenvalue weighted by atomic mass is 10.1. The minimum Gasteiger partial charge on any atom is -0.173 e. The van der Waals surface area contributed by atoms with Crippen LogP contribution >= 0.6 is 11.3 Å². The Kier molecular flexibility index (Phi) is 2.33. The summed E-state index contributed by atoms with van der Waals surface area (Å²) in [7, 11) is 0. The molecule has 2 aromatic rings. The lowest BCUT2D eigenvalue weighted by molar-refractivity contribution is 0.429. The predicted octanol–water partition coefficient (Wildman–Crippen LogP) is 4.45. The molecule has 0 aliphatic heterocycles. The van der Waals surface area contributed by atoms with Crippen molar-refractivity contribution in [2.45, 2.75) is 6.92 Å². The summed E-state index contributed by atoms with van der Waals surface area (Å²) in [6, 6.07) is 5.37. The maximum atomic E-state index is 12.0. The van der Waals surface area contributed by atoms with Gasteiger partial charge in [-0.25, -0.2) is 0 Å². The van der Waals surface area contributed by atoms with Crippen LogP contribution in [0.5, 0.6) is 0 Å². The topological polar surface area (TPSA) is 0 Å². The molecule has 0 amide bonds. The molecule has 0 aliphatic carbocycles. The third-order valence-corrected chi connectivity index (χ3v) is 3.04. The van der Waals surface area contributed by atoms with Crippen molar-refractivity contribution in [3.05, 3.63) is 40.1 Å². The van der Waals surface area contributed by atoms with Crippen LogP contribution in [-0.4, -0.2) is 0 Å². The quantitative estimate of drug-likeness (QED) is 0.652. The summed E-state index contributed by atoms with van der Waals surface area (Å²) in [4.78, 5) is 1.22. The second-order valence-electron chi connectivity index (χ2n) is 3.07. The van der Waals surface area contributed by atoms with Crippen LogP contribution in [0.15, 0.2) is 29.7 Å². The number of benzene rings is 1. The van der Waals surface area contributed by atoms with E-state index in [2.05, 4.69) is 0 Å². The molecule has 0 saturated heterocycles. The predicted molar refractivity (Wildman–Crippen MR) is 56.8 cm³/mol. The number of fused-ring (bicyclic) bond motifs is 1. The van der Waals surface area contributed by atoms with Crippen molar-refractivity contribution in [2.75, 3.05) is 0 Å². The van der Waals surface area contributed by atoms with Crippen molar-refractivity contribution >= 4 is 28.2 Å². The van der Waals surface area contributed by atoms with Crippen LogP contribution in [0.4, 0.5) is 8.78 Å². The summed E-state index contributed by atoms with van der Waals surface area (Å²) in [6.45, 7) is 2.03. The normalized spacial score (nSPS) is 10.5. The van der Waals surface area contributed by atoms with E-state index in [9.17, 15) is 8.78 Å². The van der Waals surface area contributed by atoms with Crippen molar-refractivity contribution < 1.29 is 8.78 Å². The number of thiophene rings is 1. The molecule has 1 aromatic heterocycles. The van der Waals surface area contributed by atoms with Crippen molar-refractivity contribution in [1.29, 1.82) is 0 Å². The molecule has 0 unspecified atom stereocenters. The van der Waals surface area contributed by atoms with E-state index in [1.807, 2.05) is 18.4 Å². The van der Waals surface area contributed by atoms with Gasteiger partial charge in [-0.3, -0.25) is 0 Å². The molecule has 1 heterocycles. The van der Waals surface area contributed by atoms with E-state index in [0.29, 0.717) is 5.56 Å². The van der Waals surface area contributed by atoms with E-state index in [-0.39, 0.29) is 0 Å². The Hall–Kier alpha value is -1.22. The smallest absolute Gasteiger partial charge is 0.173 e. The van der Waals surface area contributed by atoms with Gasteiger partial charge in [-0.15, -0.1) is 11.3 Å². The molecule has 0 atom stereocenters. The maximum Gasteiger partial charge on any atom is 0.270 e. The third-order valence-electron chi connectivity index (χ3n) is 2.09. The summed E-state index contributed by atoms with van der Waals surface area (Å²) in [6.07, 6.45) is -0.775. The standard InChI is InChI=1S/C11H8F2S/c1-7-10-3-2-8(5-11(12)13)4-9(10)6-14-7/h2-6H,1H3. The van der Waals surface area contributed by atoms with Gasteiger partial charge in [0.05, 0.1) is 0 Å². The highest BCUT2D eigenvalue weighted by molar-refractivity contribution is 7.11. The van der Waals surface area contributed by atoms with Crippen molar-refractivity contribution in [3.8, 4) is 0 Å². The minimum atomic E-state index is -1.66. The average molecular weight is 210 g/mol.